The van der Waals surface area contributed by atoms with Crippen molar-refractivity contribution in [1.29, 1.82) is 0 Å². The second kappa shape index (κ2) is 5.85. The number of nitrogens with one attached hydrogen (secondary N) is 1. The summed E-state index contributed by atoms with van der Waals surface area (Å²) in [6.07, 6.45) is -1.85. The molecule has 0 aliphatic carbocycles. The Morgan fingerprint density at radius 1 is 1.29 bits per heavy atom. The Labute approximate surface area is 121 Å². The number of nitrogens with zero attached hydrogens (tertiary/aromatic N) is 3. The Bertz CT molecular complexity index is 602. The fourth-order valence-electron chi connectivity index (χ4n) is 2.17. The predicted molar refractivity (Wildman–Crippen MR) is 73.2 cm³/mol. The Morgan fingerprint density at radius 3 is 2.52 bits per heavy atom. The maximum absolute atomic E-state index is 12.5. The fourth-order valence-corrected chi connectivity index (χ4v) is 2.17. The van der Waals surface area contributed by atoms with Gasteiger partial charge < -0.3 is 5.32 Å². The first-order valence-corrected chi connectivity index (χ1v) is 6.66. The Hall–Kier alpha value is -1.89. The largest absolute Gasteiger partial charge is 0.417 e. The van der Waals surface area contributed by atoms with Crippen LogP contribution >= 0.6 is 0 Å². The number of aromatic nitrogens is 3. The molecule has 114 valence electrons. The second-order valence-electron chi connectivity index (χ2n) is 4.78. The minimum absolute atomic E-state index is 0.123. The molecule has 0 aliphatic heterocycles. The third kappa shape index (κ3) is 3.24. The van der Waals surface area contributed by atoms with Crippen LogP contribution in [-0.4, -0.2) is 21.3 Å². The first kappa shape index (κ1) is 15.5. The van der Waals surface area contributed by atoms with Gasteiger partial charge >= 0.3 is 6.18 Å². The topological polar surface area (TPSA) is 42.7 Å². The molecule has 0 amide bonds. The van der Waals surface area contributed by atoms with E-state index in [1.165, 1.54) is 6.07 Å². The number of hydrogen-bond acceptors (Lipinski definition) is 3. The predicted octanol–water partition coefficient (Wildman–Crippen LogP) is 3.27. The average molecular weight is 298 g/mol. The van der Waals surface area contributed by atoms with Crippen LogP contribution in [0.4, 0.5) is 13.2 Å². The van der Waals surface area contributed by atoms with Gasteiger partial charge in [0, 0.05) is 23.5 Å². The van der Waals surface area contributed by atoms with Gasteiger partial charge in [-0.3, -0.25) is 0 Å². The van der Waals surface area contributed by atoms with E-state index in [1.807, 2.05) is 20.8 Å². The smallest absolute Gasteiger partial charge is 0.310 e. The normalized spacial score (nSPS) is 13.4. The number of rotatable bonds is 4. The van der Waals surface area contributed by atoms with Gasteiger partial charge in [-0.15, -0.1) is 0 Å². The molecule has 0 bridgehead atoms. The SMILES string of the molecule is CCNC(C)c1cnn(-c2ccc(C(F)(F)F)cn2)c1C. The zero-order valence-electron chi connectivity index (χ0n) is 12.1. The van der Waals surface area contributed by atoms with Crippen molar-refractivity contribution in [2.24, 2.45) is 0 Å². The molecule has 0 spiro atoms. The molecule has 7 heteroatoms. The minimum atomic E-state index is -4.38. The summed E-state index contributed by atoms with van der Waals surface area (Å²) in [5, 5.41) is 7.49. The van der Waals surface area contributed by atoms with Crippen molar-refractivity contribution in [2.45, 2.75) is 33.0 Å². The summed E-state index contributed by atoms with van der Waals surface area (Å²) in [5.41, 5.74) is 1.09. The molecule has 21 heavy (non-hydrogen) atoms. The molecule has 2 heterocycles. The van der Waals surface area contributed by atoms with Crippen LogP contribution in [0.2, 0.25) is 0 Å². The molecular weight excluding hydrogens is 281 g/mol. The molecule has 1 N–H and O–H groups in total. The number of alkyl halides is 3. The third-order valence-electron chi connectivity index (χ3n) is 3.32. The standard InChI is InChI=1S/C14H17F3N4/c1-4-18-9(2)12-8-20-21(10(12)3)13-6-5-11(7-19-13)14(15,16)17/h5-9,18H,4H2,1-3H3. The van der Waals surface area contributed by atoms with Crippen molar-refractivity contribution in [1.82, 2.24) is 20.1 Å². The number of halogens is 3. The van der Waals surface area contributed by atoms with Gasteiger partial charge in [-0.2, -0.15) is 18.3 Å². The van der Waals surface area contributed by atoms with Crippen LogP contribution in [-0.2, 0) is 6.18 Å². The summed E-state index contributed by atoms with van der Waals surface area (Å²) >= 11 is 0. The average Bonchev–Trinajstić information content (AvgIpc) is 2.80. The van der Waals surface area contributed by atoms with Gasteiger partial charge in [0.05, 0.1) is 11.8 Å². The summed E-state index contributed by atoms with van der Waals surface area (Å²) in [6.45, 7) is 6.71. The fraction of sp³-hybridized carbons (Fsp3) is 0.429. The molecule has 0 aromatic carbocycles. The van der Waals surface area contributed by atoms with Gasteiger partial charge in [0.1, 0.15) is 0 Å². The van der Waals surface area contributed by atoms with E-state index < -0.39 is 11.7 Å². The van der Waals surface area contributed by atoms with E-state index in [1.54, 1.807) is 10.9 Å². The van der Waals surface area contributed by atoms with E-state index in [0.29, 0.717) is 5.82 Å². The van der Waals surface area contributed by atoms with Gasteiger partial charge in [0.15, 0.2) is 5.82 Å². The molecule has 4 nitrogen and oxygen atoms in total. The van der Waals surface area contributed by atoms with Crippen molar-refractivity contribution in [3.8, 4) is 5.82 Å². The summed E-state index contributed by atoms with van der Waals surface area (Å²) in [4.78, 5) is 3.85. The van der Waals surface area contributed by atoms with Crippen molar-refractivity contribution < 1.29 is 13.2 Å². The quantitative estimate of drug-likeness (QED) is 0.942. The van der Waals surface area contributed by atoms with E-state index in [9.17, 15) is 13.2 Å². The lowest BCUT2D eigenvalue weighted by atomic mass is 10.1. The Balaban J connectivity index is 2.31. The lowest BCUT2D eigenvalue weighted by Gasteiger charge is -2.12. The van der Waals surface area contributed by atoms with Crippen molar-refractivity contribution in [3.05, 3.63) is 41.3 Å². The highest BCUT2D eigenvalue weighted by Gasteiger charge is 2.30. The Morgan fingerprint density at radius 2 is 2.00 bits per heavy atom. The van der Waals surface area contributed by atoms with E-state index >= 15 is 0 Å². The molecule has 0 saturated heterocycles. The van der Waals surface area contributed by atoms with Crippen molar-refractivity contribution >= 4 is 0 Å². The monoisotopic (exact) mass is 298 g/mol. The third-order valence-corrected chi connectivity index (χ3v) is 3.32. The van der Waals surface area contributed by atoms with Crippen LogP contribution in [0.15, 0.2) is 24.5 Å². The van der Waals surface area contributed by atoms with Crippen LogP contribution < -0.4 is 5.32 Å². The van der Waals surface area contributed by atoms with E-state index in [2.05, 4.69) is 15.4 Å². The van der Waals surface area contributed by atoms with E-state index in [0.717, 1.165) is 30.1 Å². The molecule has 2 rings (SSSR count). The van der Waals surface area contributed by atoms with Crippen LogP contribution in [0.3, 0.4) is 0 Å². The maximum Gasteiger partial charge on any atom is 0.417 e. The zero-order valence-corrected chi connectivity index (χ0v) is 12.1. The molecule has 0 saturated carbocycles. The zero-order chi connectivity index (χ0) is 15.6. The van der Waals surface area contributed by atoms with E-state index in [4.69, 9.17) is 0 Å². The van der Waals surface area contributed by atoms with Gasteiger partial charge in [-0.05, 0) is 32.5 Å². The molecule has 0 radical (unpaired) electrons. The first-order valence-electron chi connectivity index (χ1n) is 6.66. The maximum atomic E-state index is 12.5. The number of hydrogen-bond donors (Lipinski definition) is 1. The van der Waals surface area contributed by atoms with Crippen molar-refractivity contribution in [3.63, 3.8) is 0 Å². The van der Waals surface area contributed by atoms with Crippen LogP contribution in [0.5, 0.6) is 0 Å². The van der Waals surface area contributed by atoms with Crippen molar-refractivity contribution in [2.75, 3.05) is 6.54 Å². The van der Waals surface area contributed by atoms with Gasteiger partial charge in [0.2, 0.25) is 0 Å². The molecule has 2 aromatic rings. The minimum Gasteiger partial charge on any atom is -0.310 e. The molecule has 0 aliphatic rings. The lowest BCUT2D eigenvalue weighted by molar-refractivity contribution is -0.137. The summed E-state index contributed by atoms with van der Waals surface area (Å²) in [5.74, 6) is 0.371. The van der Waals surface area contributed by atoms with Crippen LogP contribution in [0, 0.1) is 6.92 Å². The molecule has 1 unspecified atom stereocenters. The molecular formula is C14H17F3N4. The summed E-state index contributed by atoms with van der Waals surface area (Å²) in [7, 11) is 0. The molecule has 0 fully saturated rings. The molecule has 1 atom stereocenters. The lowest BCUT2D eigenvalue weighted by Crippen LogP contribution is -2.18. The highest BCUT2D eigenvalue weighted by Crippen LogP contribution is 2.29. The summed E-state index contributed by atoms with van der Waals surface area (Å²) in [6, 6.07) is 2.46. The second-order valence-corrected chi connectivity index (χ2v) is 4.78. The highest BCUT2D eigenvalue weighted by molar-refractivity contribution is 5.31. The van der Waals surface area contributed by atoms with Gasteiger partial charge in [-0.1, -0.05) is 6.92 Å². The number of pyridine rings is 1. The first-order chi connectivity index (χ1) is 9.84. The van der Waals surface area contributed by atoms with E-state index in [-0.39, 0.29) is 6.04 Å². The Kier molecular flexibility index (Phi) is 4.32. The molecule has 2 aromatic heterocycles. The van der Waals surface area contributed by atoms with Crippen LogP contribution in [0.25, 0.3) is 5.82 Å². The highest BCUT2D eigenvalue weighted by atomic mass is 19.4. The van der Waals surface area contributed by atoms with Gasteiger partial charge in [0.25, 0.3) is 0 Å². The van der Waals surface area contributed by atoms with Crippen LogP contribution in [0.1, 0.15) is 36.7 Å². The van der Waals surface area contributed by atoms with Gasteiger partial charge in [-0.25, -0.2) is 9.67 Å². The summed E-state index contributed by atoms with van der Waals surface area (Å²) < 4.78 is 39.1.